The number of hydrogen-bond acceptors (Lipinski definition) is 5. The maximum Gasteiger partial charge on any atom is 0.243 e. The van der Waals surface area contributed by atoms with E-state index in [1.165, 1.54) is 0 Å². The van der Waals surface area contributed by atoms with Gasteiger partial charge in [0.05, 0.1) is 6.21 Å². The average Bonchev–Trinajstić information content (AvgIpc) is 2.72. The first-order valence-electron chi connectivity index (χ1n) is 9.49. The molecule has 0 aliphatic rings. The number of benzene rings is 3. The lowest BCUT2D eigenvalue weighted by atomic mass is 10.0. The maximum absolute atomic E-state index is 6.14. The first-order chi connectivity index (χ1) is 14.2. The SMILES string of the molecule is Cc1cc(C)nc(N/N=C/c2cccc3cccc(OCc4ccccc4)c23)n1. The molecule has 0 saturated heterocycles. The summed E-state index contributed by atoms with van der Waals surface area (Å²) < 4.78 is 6.14. The van der Waals surface area contributed by atoms with Crippen LogP contribution in [0.3, 0.4) is 0 Å². The molecule has 5 heteroatoms. The van der Waals surface area contributed by atoms with Crippen molar-refractivity contribution in [2.24, 2.45) is 5.10 Å². The largest absolute Gasteiger partial charge is 0.488 e. The molecule has 0 aliphatic carbocycles. The van der Waals surface area contributed by atoms with Gasteiger partial charge in [-0.1, -0.05) is 60.7 Å². The van der Waals surface area contributed by atoms with Gasteiger partial charge in [0.25, 0.3) is 0 Å². The van der Waals surface area contributed by atoms with Crippen LogP contribution in [0.25, 0.3) is 10.8 Å². The van der Waals surface area contributed by atoms with Crippen LogP contribution in [0.1, 0.15) is 22.5 Å². The van der Waals surface area contributed by atoms with Gasteiger partial charge < -0.3 is 4.74 Å². The molecule has 0 spiro atoms. The zero-order valence-corrected chi connectivity index (χ0v) is 16.5. The summed E-state index contributed by atoms with van der Waals surface area (Å²) in [6, 6.07) is 24.2. The third kappa shape index (κ3) is 4.58. The van der Waals surface area contributed by atoms with Crippen LogP contribution < -0.4 is 10.2 Å². The van der Waals surface area contributed by atoms with Crippen LogP contribution >= 0.6 is 0 Å². The van der Waals surface area contributed by atoms with Gasteiger partial charge in [-0.15, -0.1) is 0 Å². The Kier molecular flexibility index (Phi) is 5.47. The van der Waals surface area contributed by atoms with Crippen molar-refractivity contribution in [3.8, 4) is 5.75 Å². The van der Waals surface area contributed by atoms with Crippen molar-refractivity contribution in [2.75, 3.05) is 5.43 Å². The van der Waals surface area contributed by atoms with Gasteiger partial charge in [0.15, 0.2) is 0 Å². The van der Waals surface area contributed by atoms with Gasteiger partial charge in [0.2, 0.25) is 5.95 Å². The van der Waals surface area contributed by atoms with Crippen LogP contribution in [0, 0.1) is 13.8 Å². The maximum atomic E-state index is 6.14. The van der Waals surface area contributed by atoms with E-state index < -0.39 is 0 Å². The zero-order valence-electron chi connectivity index (χ0n) is 16.5. The normalized spacial score (nSPS) is 11.1. The Balaban J connectivity index is 1.60. The fraction of sp³-hybridized carbons (Fsp3) is 0.125. The summed E-state index contributed by atoms with van der Waals surface area (Å²) >= 11 is 0. The lowest BCUT2D eigenvalue weighted by molar-refractivity contribution is 0.310. The molecule has 4 rings (SSSR count). The zero-order chi connectivity index (χ0) is 20.1. The Morgan fingerprint density at radius 1 is 0.897 bits per heavy atom. The van der Waals surface area contributed by atoms with Crippen molar-refractivity contribution in [1.29, 1.82) is 0 Å². The number of fused-ring (bicyclic) bond motifs is 1. The van der Waals surface area contributed by atoms with Gasteiger partial charge in [0.1, 0.15) is 12.4 Å². The standard InChI is InChI=1S/C24H22N4O/c1-17-14-18(2)27-24(26-17)28-25-15-21-12-6-10-20-11-7-13-22(23(20)21)29-16-19-8-4-3-5-9-19/h3-15H,16H2,1-2H3,(H,26,27,28)/b25-15+. The van der Waals surface area contributed by atoms with Crippen molar-refractivity contribution in [3.05, 3.63) is 95.3 Å². The number of nitrogens with one attached hydrogen (secondary N) is 1. The lowest BCUT2D eigenvalue weighted by Crippen LogP contribution is -2.00. The minimum atomic E-state index is 0.486. The molecule has 0 amide bonds. The monoisotopic (exact) mass is 382 g/mol. The highest BCUT2D eigenvalue weighted by molar-refractivity contribution is 6.03. The summed E-state index contributed by atoms with van der Waals surface area (Å²) in [6.07, 6.45) is 1.78. The number of rotatable bonds is 6. The summed E-state index contributed by atoms with van der Waals surface area (Å²) in [7, 11) is 0. The number of anilines is 1. The molecule has 0 unspecified atom stereocenters. The highest BCUT2D eigenvalue weighted by Crippen LogP contribution is 2.29. The molecular formula is C24H22N4O. The summed E-state index contributed by atoms with van der Waals surface area (Å²) in [5.41, 5.74) is 6.81. The predicted octanol–water partition coefficient (Wildman–Crippen LogP) is 5.27. The molecule has 0 radical (unpaired) electrons. The van der Waals surface area contributed by atoms with Gasteiger partial charge in [-0.2, -0.15) is 5.10 Å². The first kappa shape index (κ1) is 18.6. The van der Waals surface area contributed by atoms with Crippen LogP contribution in [-0.2, 0) is 6.61 Å². The van der Waals surface area contributed by atoms with E-state index in [0.29, 0.717) is 12.6 Å². The second kappa shape index (κ2) is 8.52. The molecule has 0 aliphatic heterocycles. The van der Waals surface area contributed by atoms with Gasteiger partial charge in [-0.25, -0.2) is 15.4 Å². The quantitative estimate of drug-likeness (QED) is 0.364. The molecule has 1 aromatic heterocycles. The van der Waals surface area contributed by atoms with E-state index in [1.54, 1.807) is 6.21 Å². The topological polar surface area (TPSA) is 59.4 Å². The second-order valence-corrected chi connectivity index (χ2v) is 6.82. The summed E-state index contributed by atoms with van der Waals surface area (Å²) in [6.45, 7) is 4.38. The van der Waals surface area contributed by atoms with Crippen molar-refractivity contribution < 1.29 is 4.74 Å². The number of ether oxygens (including phenoxy) is 1. The molecule has 0 fully saturated rings. The van der Waals surface area contributed by atoms with E-state index in [0.717, 1.165) is 39.0 Å². The van der Waals surface area contributed by atoms with Crippen molar-refractivity contribution in [1.82, 2.24) is 9.97 Å². The van der Waals surface area contributed by atoms with Crippen LogP contribution in [0.4, 0.5) is 5.95 Å². The van der Waals surface area contributed by atoms with Crippen LogP contribution in [0.2, 0.25) is 0 Å². The fourth-order valence-corrected chi connectivity index (χ4v) is 3.23. The van der Waals surface area contributed by atoms with Gasteiger partial charge in [-0.05, 0) is 36.9 Å². The van der Waals surface area contributed by atoms with Crippen molar-refractivity contribution in [3.63, 3.8) is 0 Å². The molecule has 0 saturated carbocycles. The Morgan fingerprint density at radius 3 is 2.38 bits per heavy atom. The van der Waals surface area contributed by atoms with E-state index in [1.807, 2.05) is 62.4 Å². The number of hydrogen-bond donors (Lipinski definition) is 1. The summed E-state index contributed by atoms with van der Waals surface area (Å²) in [4.78, 5) is 8.69. The van der Waals surface area contributed by atoms with E-state index in [4.69, 9.17) is 4.74 Å². The molecule has 29 heavy (non-hydrogen) atoms. The molecule has 0 bridgehead atoms. The molecule has 1 heterocycles. The number of hydrazone groups is 1. The molecule has 3 aromatic carbocycles. The Bertz CT molecular complexity index is 1130. The molecular weight excluding hydrogens is 360 g/mol. The molecule has 0 atom stereocenters. The van der Waals surface area contributed by atoms with Crippen LogP contribution in [0.5, 0.6) is 5.75 Å². The molecule has 1 N–H and O–H groups in total. The van der Waals surface area contributed by atoms with E-state index in [-0.39, 0.29) is 0 Å². The summed E-state index contributed by atoms with van der Waals surface area (Å²) in [5, 5.41) is 6.47. The minimum absolute atomic E-state index is 0.486. The van der Waals surface area contributed by atoms with Gasteiger partial charge >= 0.3 is 0 Å². The number of aromatic nitrogens is 2. The fourth-order valence-electron chi connectivity index (χ4n) is 3.23. The Morgan fingerprint density at radius 2 is 1.62 bits per heavy atom. The highest BCUT2D eigenvalue weighted by Gasteiger charge is 2.07. The number of nitrogens with zero attached hydrogens (tertiary/aromatic N) is 3. The number of aryl methyl sites for hydroxylation is 2. The third-order valence-corrected chi connectivity index (χ3v) is 4.49. The van der Waals surface area contributed by atoms with Gasteiger partial charge in [-0.3, -0.25) is 0 Å². The third-order valence-electron chi connectivity index (χ3n) is 4.49. The minimum Gasteiger partial charge on any atom is -0.488 e. The van der Waals surface area contributed by atoms with Crippen LogP contribution in [0.15, 0.2) is 77.9 Å². The van der Waals surface area contributed by atoms with Crippen LogP contribution in [-0.4, -0.2) is 16.2 Å². The van der Waals surface area contributed by atoms with Crippen molar-refractivity contribution >= 4 is 22.9 Å². The van der Waals surface area contributed by atoms with E-state index in [2.05, 4.69) is 44.8 Å². The first-order valence-corrected chi connectivity index (χ1v) is 9.49. The highest BCUT2D eigenvalue weighted by atomic mass is 16.5. The smallest absolute Gasteiger partial charge is 0.243 e. The van der Waals surface area contributed by atoms with Gasteiger partial charge in [0, 0.05) is 22.3 Å². The predicted molar refractivity (Wildman–Crippen MR) is 117 cm³/mol. The second-order valence-electron chi connectivity index (χ2n) is 6.82. The molecule has 4 aromatic rings. The average molecular weight is 382 g/mol. The molecule has 144 valence electrons. The molecule has 5 nitrogen and oxygen atoms in total. The summed E-state index contributed by atoms with van der Waals surface area (Å²) in [5.74, 6) is 1.32. The van der Waals surface area contributed by atoms with E-state index in [9.17, 15) is 0 Å². The Labute approximate surface area is 170 Å². The lowest BCUT2D eigenvalue weighted by Gasteiger charge is -2.11. The van der Waals surface area contributed by atoms with Crippen molar-refractivity contribution in [2.45, 2.75) is 20.5 Å². The van der Waals surface area contributed by atoms with E-state index >= 15 is 0 Å². The Hall–Kier alpha value is -3.73.